The minimum atomic E-state index is -0.930. The fourth-order valence-corrected chi connectivity index (χ4v) is 3.68. The maximum absolute atomic E-state index is 13.1. The molecule has 28 heavy (non-hydrogen) atoms. The first-order valence-electron chi connectivity index (χ1n) is 9.15. The molecule has 0 heterocycles. The molecule has 0 unspecified atom stereocenters. The van der Waals surface area contributed by atoms with Gasteiger partial charge in [-0.05, 0) is 35.2 Å². The monoisotopic (exact) mass is 385 g/mol. The number of aliphatic hydroxyl groups excluding tert-OH is 1. The van der Waals surface area contributed by atoms with E-state index in [0.717, 1.165) is 11.1 Å². The lowest BCUT2D eigenvalue weighted by Crippen LogP contribution is -2.71. The number of fused-ring (bicyclic) bond motifs is 1. The van der Waals surface area contributed by atoms with Gasteiger partial charge in [0.2, 0.25) is 5.91 Å². The Morgan fingerprint density at radius 2 is 2.00 bits per heavy atom. The molecule has 2 aromatic carbocycles. The first-order valence-corrected chi connectivity index (χ1v) is 9.15. The van der Waals surface area contributed by atoms with Gasteiger partial charge in [0.05, 0.1) is 19.3 Å². The molecule has 4 atom stereocenters. The van der Waals surface area contributed by atoms with Crippen LogP contribution in [0, 0.1) is 5.92 Å². The van der Waals surface area contributed by atoms with E-state index >= 15 is 0 Å². The second-order valence-electron chi connectivity index (χ2n) is 7.07. The van der Waals surface area contributed by atoms with Crippen molar-refractivity contribution in [2.45, 2.75) is 31.0 Å². The summed E-state index contributed by atoms with van der Waals surface area (Å²) in [6.07, 6.45) is -0.0685. The summed E-state index contributed by atoms with van der Waals surface area (Å²) in [7, 11) is 1.25. The predicted molar refractivity (Wildman–Crippen MR) is 101 cm³/mol. The van der Waals surface area contributed by atoms with Gasteiger partial charge < -0.3 is 26.0 Å². The third-order valence-corrected chi connectivity index (χ3v) is 5.19. The fourth-order valence-electron chi connectivity index (χ4n) is 3.68. The number of aliphatic hydroxyl groups is 1. The van der Waals surface area contributed by atoms with Crippen molar-refractivity contribution in [3.05, 3.63) is 65.2 Å². The fraction of sp³-hybridized carbons (Fsp3) is 0.333. The van der Waals surface area contributed by atoms with E-state index in [0.29, 0.717) is 12.0 Å². The number of benzene rings is 2. The van der Waals surface area contributed by atoms with Gasteiger partial charge in [-0.1, -0.05) is 36.4 Å². The highest BCUT2D eigenvalue weighted by Crippen LogP contribution is 2.31. The van der Waals surface area contributed by atoms with Gasteiger partial charge in [-0.25, -0.2) is 4.79 Å². The first-order chi connectivity index (χ1) is 13.4. The Balaban J connectivity index is 1.83. The van der Waals surface area contributed by atoms with Crippen LogP contribution in [0.5, 0.6) is 5.75 Å². The third-order valence-electron chi connectivity index (χ3n) is 5.19. The van der Waals surface area contributed by atoms with E-state index in [1.165, 1.54) is 13.2 Å². The summed E-state index contributed by atoms with van der Waals surface area (Å²) < 4.78 is 4.77. The number of quaternary nitrogens is 1. The number of phenolic OH excluding ortho intramolecular Hbond substituents is 1. The van der Waals surface area contributed by atoms with Gasteiger partial charge in [0.25, 0.3) is 0 Å². The first kappa shape index (κ1) is 19.9. The predicted octanol–water partition coefficient (Wildman–Crippen LogP) is 0.109. The second-order valence-corrected chi connectivity index (χ2v) is 7.07. The number of methoxy groups -OCH3 is 1. The molecule has 0 saturated heterocycles. The SMILES string of the molecule is COC(=O)[C@@H]([NH3+])[C@@H](Cc1cccc(O)c1)C(=O)N[C@H]1c2ccccc2C[C@H]1O. The lowest BCUT2D eigenvalue weighted by atomic mass is 9.91. The van der Waals surface area contributed by atoms with Gasteiger partial charge in [-0.15, -0.1) is 0 Å². The van der Waals surface area contributed by atoms with Gasteiger partial charge >= 0.3 is 5.97 Å². The van der Waals surface area contributed by atoms with Crippen molar-refractivity contribution >= 4 is 11.9 Å². The molecule has 7 heteroatoms. The Bertz CT molecular complexity index is 869. The maximum Gasteiger partial charge on any atom is 0.365 e. The quantitative estimate of drug-likeness (QED) is 0.526. The Morgan fingerprint density at radius 1 is 1.25 bits per heavy atom. The molecular weight excluding hydrogens is 360 g/mol. The molecular formula is C21H25N2O5+. The van der Waals surface area contributed by atoms with Crippen molar-refractivity contribution in [3.8, 4) is 5.75 Å². The molecule has 2 aromatic rings. The molecule has 0 spiro atoms. The third kappa shape index (κ3) is 4.16. The van der Waals surface area contributed by atoms with E-state index in [2.05, 4.69) is 11.1 Å². The van der Waals surface area contributed by atoms with E-state index in [4.69, 9.17) is 4.74 Å². The number of hydrogen-bond acceptors (Lipinski definition) is 5. The Morgan fingerprint density at radius 3 is 2.71 bits per heavy atom. The van der Waals surface area contributed by atoms with Crippen LogP contribution in [0.2, 0.25) is 0 Å². The van der Waals surface area contributed by atoms with Crippen LogP contribution in [0.1, 0.15) is 22.7 Å². The van der Waals surface area contributed by atoms with Gasteiger partial charge in [0.1, 0.15) is 11.7 Å². The summed E-state index contributed by atoms with van der Waals surface area (Å²) in [6.45, 7) is 0. The van der Waals surface area contributed by atoms with Crippen molar-refractivity contribution < 1.29 is 30.3 Å². The Hall–Kier alpha value is -2.90. The van der Waals surface area contributed by atoms with Crippen LogP contribution in [0.15, 0.2) is 48.5 Å². The summed E-state index contributed by atoms with van der Waals surface area (Å²) in [4.78, 5) is 25.1. The number of rotatable bonds is 6. The lowest BCUT2D eigenvalue weighted by molar-refractivity contribution is -0.417. The molecule has 0 bridgehead atoms. The average Bonchev–Trinajstić information content (AvgIpc) is 3.00. The van der Waals surface area contributed by atoms with Gasteiger partial charge in [0, 0.05) is 6.42 Å². The van der Waals surface area contributed by atoms with Crippen LogP contribution in [-0.2, 0) is 27.2 Å². The standard InChI is InChI=1S/C21H24N2O5/c1-28-21(27)18(22)16(10-12-5-4-7-14(24)9-12)20(26)23-19-15-8-3-2-6-13(15)11-17(19)25/h2-9,16-19,24-25H,10-11,22H2,1H3,(H,23,26)/p+1/t16-,17-,18+,19+/m1/s1. The van der Waals surface area contributed by atoms with Crippen LogP contribution in [-0.4, -0.2) is 41.3 Å². The number of amides is 1. The van der Waals surface area contributed by atoms with Gasteiger partial charge in [0.15, 0.2) is 6.04 Å². The van der Waals surface area contributed by atoms with Gasteiger partial charge in [-0.2, -0.15) is 0 Å². The molecule has 148 valence electrons. The summed E-state index contributed by atoms with van der Waals surface area (Å²) >= 11 is 0. The zero-order chi connectivity index (χ0) is 20.3. The van der Waals surface area contributed by atoms with E-state index in [9.17, 15) is 19.8 Å². The zero-order valence-corrected chi connectivity index (χ0v) is 15.7. The summed E-state index contributed by atoms with van der Waals surface area (Å²) in [5, 5.41) is 23.0. The molecule has 1 amide bonds. The highest BCUT2D eigenvalue weighted by atomic mass is 16.5. The molecule has 1 aliphatic carbocycles. The van der Waals surface area contributed by atoms with Gasteiger partial charge in [-0.3, -0.25) is 4.79 Å². The van der Waals surface area contributed by atoms with E-state index in [1.807, 2.05) is 24.3 Å². The second kappa shape index (κ2) is 8.41. The highest BCUT2D eigenvalue weighted by Gasteiger charge is 2.39. The van der Waals surface area contributed by atoms with Crippen LogP contribution < -0.4 is 11.1 Å². The number of nitrogens with one attached hydrogen (secondary N) is 1. The van der Waals surface area contributed by atoms with E-state index in [-0.39, 0.29) is 12.2 Å². The molecule has 0 radical (unpaired) electrons. The molecule has 0 fully saturated rings. The number of ether oxygens (including phenoxy) is 1. The average molecular weight is 385 g/mol. The normalized spacial score (nSPS) is 20.1. The highest BCUT2D eigenvalue weighted by molar-refractivity contribution is 5.87. The van der Waals surface area contributed by atoms with E-state index < -0.39 is 36.0 Å². The van der Waals surface area contributed by atoms with Crippen LogP contribution in [0.25, 0.3) is 0 Å². The summed E-state index contributed by atoms with van der Waals surface area (Å²) in [6, 6.07) is 12.6. The molecule has 0 aliphatic heterocycles. The smallest absolute Gasteiger partial charge is 0.365 e. The topological polar surface area (TPSA) is 124 Å². The number of phenols is 1. The molecule has 3 rings (SSSR count). The number of esters is 1. The Kier molecular flexibility index (Phi) is 5.96. The Labute approximate surface area is 163 Å². The lowest BCUT2D eigenvalue weighted by Gasteiger charge is -2.24. The van der Waals surface area contributed by atoms with Crippen LogP contribution in [0.4, 0.5) is 0 Å². The van der Waals surface area contributed by atoms with Crippen molar-refractivity contribution in [2.24, 2.45) is 5.92 Å². The number of aromatic hydroxyl groups is 1. The number of carbonyl (C=O) groups excluding carboxylic acids is 2. The molecule has 1 aliphatic rings. The van der Waals surface area contributed by atoms with E-state index in [1.54, 1.807) is 18.2 Å². The summed E-state index contributed by atoms with van der Waals surface area (Å²) in [5.41, 5.74) is 6.39. The summed E-state index contributed by atoms with van der Waals surface area (Å²) in [5.74, 6) is -1.72. The minimum Gasteiger partial charge on any atom is -0.508 e. The minimum absolute atomic E-state index is 0.0791. The number of hydrogen-bond donors (Lipinski definition) is 4. The zero-order valence-electron chi connectivity index (χ0n) is 15.7. The van der Waals surface area contributed by atoms with Crippen molar-refractivity contribution in [3.63, 3.8) is 0 Å². The largest absolute Gasteiger partial charge is 0.508 e. The maximum atomic E-state index is 13.1. The molecule has 0 saturated carbocycles. The molecule has 0 aromatic heterocycles. The van der Waals surface area contributed by atoms with Crippen molar-refractivity contribution in [2.75, 3.05) is 7.11 Å². The van der Waals surface area contributed by atoms with Crippen molar-refractivity contribution in [1.82, 2.24) is 5.32 Å². The van der Waals surface area contributed by atoms with Crippen LogP contribution in [0.3, 0.4) is 0 Å². The number of carbonyl (C=O) groups is 2. The molecule has 6 N–H and O–H groups in total. The van der Waals surface area contributed by atoms with Crippen LogP contribution >= 0.6 is 0 Å². The van der Waals surface area contributed by atoms with Crippen molar-refractivity contribution in [1.29, 1.82) is 0 Å². The molecule has 7 nitrogen and oxygen atoms in total.